The van der Waals surface area contributed by atoms with Gasteiger partial charge in [0.15, 0.2) is 0 Å². The first kappa shape index (κ1) is 19.2. The molecular formula is C22H29NO2. The van der Waals surface area contributed by atoms with Crippen LogP contribution in [0.15, 0.2) is 60.2 Å². The van der Waals surface area contributed by atoms with Crippen molar-refractivity contribution in [3.8, 4) is 5.75 Å². The molecular weight excluding hydrogens is 310 g/mol. The summed E-state index contributed by atoms with van der Waals surface area (Å²) in [5.41, 5.74) is 9.87. The SMILES string of the molecule is COc1cccc(C(CC(C)(C)O)C(C)=C(CN)c2ccccc2)c1. The zero-order valence-corrected chi connectivity index (χ0v) is 15.6. The van der Waals surface area contributed by atoms with Crippen LogP contribution in [0.3, 0.4) is 0 Å². The van der Waals surface area contributed by atoms with E-state index in [1.54, 1.807) is 7.11 Å². The number of hydrogen-bond donors (Lipinski definition) is 2. The van der Waals surface area contributed by atoms with Crippen molar-refractivity contribution in [1.82, 2.24) is 0 Å². The topological polar surface area (TPSA) is 55.5 Å². The van der Waals surface area contributed by atoms with Gasteiger partial charge in [0.2, 0.25) is 0 Å². The van der Waals surface area contributed by atoms with Crippen LogP contribution in [0.5, 0.6) is 5.75 Å². The zero-order chi connectivity index (χ0) is 18.4. The normalized spacial score (nSPS) is 14.0. The van der Waals surface area contributed by atoms with E-state index in [0.29, 0.717) is 13.0 Å². The van der Waals surface area contributed by atoms with Gasteiger partial charge in [-0.3, -0.25) is 0 Å². The van der Waals surface area contributed by atoms with Crippen LogP contribution < -0.4 is 10.5 Å². The number of benzene rings is 2. The van der Waals surface area contributed by atoms with Crippen molar-refractivity contribution >= 4 is 5.57 Å². The molecule has 0 amide bonds. The number of rotatable bonds is 7. The second kappa shape index (κ2) is 8.32. The van der Waals surface area contributed by atoms with E-state index < -0.39 is 5.60 Å². The minimum Gasteiger partial charge on any atom is -0.497 e. The molecule has 1 unspecified atom stereocenters. The van der Waals surface area contributed by atoms with Crippen molar-refractivity contribution in [3.05, 3.63) is 71.3 Å². The standard InChI is InChI=1S/C22H29NO2/c1-16(21(15-23)17-9-6-5-7-10-17)20(14-22(2,3)24)18-11-8-12-19(13-18)25-4/h5-13,20,24H,14-15,23H2,1-4H3. The second-order valence-corrected chi connectivity index (χ2v) is 7.08. The van der Waals surface area contributed by atoms with E-state index >= 15 is 0 Å². The van der Waals surface area contributed by atoms with Crippen molar-refractivity contribution in [2.45, 2.75) is 38.7 Å². The lowest BCUT2D eigenvalue weighted by atomic mass is 9.80. The van der Waals surface area contributed by atoms with E-state index in [-0.39, 0.29) is 5.92 Å². The van der Waals surface area contributed by atoms with Crippen LogP contribution >= 0.6 is 0 Å². The van der Waals surface area contributed by atoms with Crippen molar-refractivity contribution < 1.29 is 9.84 Å². The van der Waals surface area contributed by atoms with Crippen molar-refractivity contribution in [2.75, 3.05) is 13.7 Å². The quantitative estimate of drug-likeness (QED) is 0.787. The Morgan fingerprint density at radius 1 is 1.12 bits per heavy atom. The number of hydrogen-bond acceptors (Lipinski definition) is 3. The summed E-state index contributed by atoms with van der Waals surface area (Å²) in [6.45, 7) is 6.27. The molecule has 0 aliphatic rings. The molecule has 0 heterocycles. The highest BCUT2D eigenvalue weighted by molar-refractivity contribution is 5.71. The predicted octanol–water partition coefficient (Wildman–Crippen LogP) is 4.37. The van der Waals surface area contributed by atoms with Crippen LogP contribution in [0, 0.1) is 0 Å². The summed E-state index contributed by atoms with van der Waals surface area (Å²) >= 11 is 0. The average Bonchev–Trinajstić information content (AvgIpc) is 2.60. The third-order valence-corrected chi connectivity index (χ3v) is 4.52. The molecule has 2 rings (SSSR count). The molecule has 25 heavy (non-hydrogen) atoms. The summed E-state index contributed by atoms with van der Waals surface area (Å²) < 4.78 is 5.38. The Morgan fingerprint density at radius 2 is 1.80 bits per heavy atom. The Bertz CT molecular complexity index is 714. The molecule has 1 atom stereocenters. The van der Waals surface area contributed by atoms with Crippen LogP contribution in [0.1, 0.15) is 44.2 Å². The molecule has 2 aromatic rings. The number of methoxy groups -OCH3 is 1. The molecule has 2 aromatic carbocycles. The highest BCUT2D eigenvalue weighted by atomic mass is 16.5. The van der Waals surface area contributed by atoms with Crippen LogP contribution in [-0.4, -0.2) is 24.4 Å². The predicted molar refractivity (Wildman–Crippen MR) is 105 cm³/mol. The van der Waals surface area contributed by atoms with Crippen LogP contribution in [0.2, 0.25) is 0 Å². The Balaban J connectivity index is 2.55. The third kappa shape index (κ3) is 5.18. The highest BCUT2D eigenvalue weighted by Crippen LogP contribution is 2.37. The van der Waals surface area contributed by atoms with Gasteiger partial charge in [0.1, 0.15) is 5.75 Å². The number of aliphatic hydroxyl groups is 1. The van der Waals surface area contributed by atoms with E-state index in [1.165, 1.54) is 5.57 Å². The molecule has 0 saturated heterocycles. The molecule has 0 aliphatic heterocycles. The lowest BCUT2D eigenvalue weighted by Gasteiger charge is -2.28. The van der Waals surface area contributed by atoms with E-state index in [0.717, 1.165) is 22.4 Å². The Hall–Kier alpha value is -2.10. The summed E-state index contributed by atoms with van der Waals surface area (Å²) in [6.07, 6.45) is 0.613. The van der Waals surface area contributed by atoms with E-state index in [4.69, 9.17) is 10.5 Å². The summed E-state index contributed by atoms with van der Waals surface area (Å²) in [5, 5.41) is 10.5. The maximum absolute atomic E-state index is 10.5. The molecule has 3 heteroatoms. The molecule has 0 saturated carbocycles. The van der Waals surface area contributed by atoms with Crippen molar-refractivity contribution in [1.29, 1.82) is 0 Å². The molecule has 134 valence electrons. The Kier molecular flexibility index (Phi) is 6.40. The maximum Gasteiger partial charge on any atom is 0.119 e. The summed E-state index contributed by atoms with van der Waals surface area (Å²) in [5.74, 6) is 0.883. The van der Waals surface area contributed by atoms with Crippen LogP contribution in [0.25, 0.3) is 5.57 Å². The Morgan fingerprint density at radius 3 is 2.36 bits per heavy atom. The molecule has 0 radical (unpaired) electrons. The fraction of sp³-hybridized carbons (Fsp3) is 0.364. The van der Waals surface area contributed by atoms with Crippen molar-refractivity contribution in [2.24, 2.45) is 5.73 Å². The van der Waals surface area contributed by atoms with Gasteiger partial charge in [0, 0.05) is 12.5 Å². The first-order valence-electron chi connectivity index (χ1n) is 8.67. The van der Waals surface area contributed by atoms with Gasteiger partial charge in [-0.15, -0.1) is 0 Å². The molecule has 3 N–H and O–H groups in total. The minimum atomic E-state index is -0.786. The van der Waals surface area contributed by atoms with Gasteiger partial charge in [0.05, 0.1) is 12.7 Å². The van der Waals surface area contributed by atoms with Crippen LogP contribution in [-0.2, 0) is 0 Å². The fourth-order valence-corrected chi connectivity index (χ4v) is 3.23. The summed E-state index contributed by atoms with van der Waals surface area (Å²) in [4.78, 5) is 0. The largest absolute Gasteiger partial charge is 0.497 e. The third-order valence-electron chi connectivity index (χ3n) is 4.52. The van der Waals surface area contributed by atoms with Gasteiger partial charge in [-0.2, -0.15) is 0 Å². The second-order valence-electron chi connectivity index (χ2n) is 7.08. The number of ether oxygens (including phenoxy) is 1. The van der Waals surface area contributed by atoms with Gasteiger partial charge in [-0.05, 0) is 56.0 Å². The molecule has 0 spiro atoms. The highest BCUT2D eigenvalue weighted by Gasteiger charge is 2.25. The lowest BCUT2D eigenvalue weighted by Crippen LogP contribution is -2.23. The Labute approximate surface area is 151 Å². The molecule has 0 aliphatic carbocycles. The van der Waals surface area contributed by atoms with Crippen LogP contribution in [0.4, 0.5) is 0 Å². The smallest absolute Gasteiger partial charge is 0.119 e. The minimum absolute atomic E-state index is 0.0638. The molecule has 0 bridgehead atoms. The lowest BCUT2D eigenvalue weighted by molar-refractivity contribution is 0.0662. The van der Waals surface area contributed by atoms with Gasteiger partial charge < -0.3 is 15.6 Å². The number of allylic oxidation sites excluding steroid dienone is 1. The summed E-state index contributed by atoms with van der Waals surface area (Å²) in [7, 11) is 1.67. The molecule has 0 aromatic heterocycles. The van der Waals surface area contributed by atoms with Gasteiger partial charge >= 0.3 is 0 Å². The summed E-state index contributed by atoms with van der Waals surface area (Å²) in [6, 6.07) is 18.3. The fourth-order valence-electron chi connectivity index (χ4n) is 3.23. The maximum atomic E-state index is 10.5. The van der Waals surface area contributed by atoms with E-state index in [2.05, 4.69) is 25.1 Å². The monoisotopic (exact) mass is 339 g/mol. The van der Waals surface area contributed by atoms with Crippen molar-refractivity contribution in [3.63, 3.8) is 0 Å². The zero-order valence-electron chi connectivity index (χ0n) is 15.6. The number of nitrogens with two attached hydrogens (primary N) is 1. The van der Waals surface area contributed by atoms with E-state index in [9.17, 15) is 5.11 Å². The van der Waals surface area contributed by atoms with E-state index in [1.807, 2.05) is 50.2 Å². The first-order chi connectivity index (χ1) is 11.9. The molecule has 3 nitrogen and oxygen atoms in total. The first-order valence-corrected chi connectivity index (χ1v) is 8.67. The van der Waals surface area contributed by atoms with Gasteiger partial charge in [-0.25, -0.2) is 0 Å². The van der Waals surface area contributed by atoms with Gasteiger partial charge in [0.25, 0.3) is 0 Å². The average molecular weight is 339 g/mol. The molecule has 0 fully saturated rings. The van der Waals surface area contributed by atoms with Gasteiger partial charge in [-0.1, -0.05) is 48.0 Å².